The molecule has 1 unspecified atom stereocenters. The highest BCUT2D eigenvalue weighted by Crippen LogP contribution is 2.54. The number of nitriles is 1. The highest BCUT2D eigenvalue weighted by Gasteiger charge is 2.44. The van der Waals surface area contributed by atoms with Crippen molar-refractivity contribution >= 4 is 5.97 Å². The lowest BCUT2D eigenvalue weighted by Crippen LogP contribution is -2.41. The van der Waals surface area contributed by atoms with E-state index >= 15 is 0 Å². The summed E-state index contributed by atoms with van der Waals surface area (Å²) in [5.74, 6) is -2.86. The minimum Gasteiger partial charge on any atom is -0.493 e. The Morgan fingerprint density at radius 2 is 1.64 bits per heavy atom. The molecule has 0 saturated heterocycles. The van der Waals surface area contributed by atoms with E-state index in [1.807, 2.05) is 0 Å². The van der Waals surface area contributed by atoms with E-state index in [0.29, 0.717) is 17.9 Å². The number of carbonyl (C=O) groups is 1. The monoisotopic (exact) mass is 541 g/mol. The Hall–Kier alpha value is -3.01. The predicted molar refractivity (Wildman–Crippen MR) is 143 cm³/mol. The molecule has 2 fully saturated rings. The molecule has 2 aromatic carbocycles. The lowest BCUT2D eigenvalue weighted by Gasteiger charge is -2.50. The second-order valence-electron chi connectivity index (χ2n) is 11.4. The SMILES string of the molecule is CCCC(C)C1([C@H]2CC[C@H](COc3cc(F)c(C(=O)Oc4ccc(C#N)c(F)c4)c(F)c3)CC2)CCCCC1. The number of halogens is 3. The van der Waals surface area contributed by atoms with Crippen LogP contribution in [-0.4, -0.2) is 12.6 Å². The van der Waals surface area contributed by atoms with E-state index in [9.17, 15) is 18.0 Å². The van der Waals surface area contributed by atoms with E-state index in [1.165, 1.54) is 63.9 Å². The second-order valence-corrected chi connectivity index (χ2v) is 11.4. The first-order valence-corrected chi connectivity index (χ1v) is 14.3. The Balaban J connectivity index is 1.34. The topological polar surface area (TPSA) is 59.3 Å². The summed E-state index contributed by atoms with van der Waals surface area (Å²) in [5.41, 5.74) is -0.659. The van der Waals surface area contributed by atoms with Crippen molar-refractivity contribution < 1.29 is 27.4 Å². The van der Waals surface area contributed by atoms with Crippen LogP contribution in [-0.2, 0) is 0 Å². The number of nitrogens with zero attached hydrogens (tertiary/aromatic N) is 1. The van der Waals surface area contributed by atoms with Crippen molar-refractivity contribution in [3.05, 3.63) is 58.9 Å². The molecule has 2 saturated carbocycles. The summed E-state index contributed by atoms with van der Waals surface area (Å²) in [4.78, 5) is 12.4. The number of rotatable bonds is 9. The van der Waals surface area contributed by atoms with E-state index in [0.717, 1.165) is 48.9 Å². The molecule has 0 heterocycles. The first-order valence-electron chi connectivity index (χ1n) is 14.3. The van der Waals surface area contributed by atoms with Crippen molar-refractivity contribution in [2.75, 3.05) is 6.61 Å². The fraction of sp³-hybridized carbons (Fsp3) is 0.562. The van der Waals surface area contributed by atoms with E-state index in [-0.39, 0.29) is 17.1 Å². The van der Waals surface area contributed by atoms with Gasteiger partial charge in [0.15, 0.2) is 0 Å². The molecular formula is C32H38F3NO3. The van der Waals surface area contributed by atoms with Gasteiger partial charge in [-0.05, 0) is 73.8 Å². The van der Waals surface area contributed by atoms with Gasteiger partial charge in [-0.3, -0.25) is 0 Å². The van der Waals surface area contributed by atoms with Gasteiger partial charge in [-0.15, -0.1) is 0 Å². The largest absolute Gasteiger partial charge is 0.493 e. The van der Waals surface area contributed by atoms with Crippen molar-refractivity contribution in [1.82, 2.24) is 0 Å². The van der Waals surface area contributed by atoms with Gasteiger partial charge in [0.25, 0.3) is 0 Å². The fourth-order valence-electron chi connectivity index (χ4n) is 6.99. The third-order valence-electron chi connectivity index (χ3n) is 9.12. The molecule has 2 aliphatic rings. The number of esters is 1. The molecule has 4 rings (SSSR count). The van der Waals surface area contributed by atoms with E-state index in [2.05, 4.69) is 13.8 Å². The Kier molecular flexibility index (Phi) is 9.58. The van der Waals surface area contributed by atoms with Gasteiger partial charge in [-0.25, -0.2) is 18.0 Å². The molecule has 0 amide bonds. The molecule has 1 atom stereocenters. The van der Waals surface area contributed by atoms with E-state index in [4.69, 9.17) is 14.7 Å². The van der Waals surface area contributed by atoms with Gasteiger partial charge < -0.3 is 9.47 Å². The van der Waals surface area contributed by atoms with Gasteiger partial charge in [0, 0.05) is 18.2 Å². The zero-order chi connectivity index (χ0) is 28.0. The maximum atomic E-state index is 14.7. The first-order chi connectivity index (χ1) is 18.8. The van der Waals surface area contributed by atoms with Gasteiger partial charge in [0.1, 0.15) is 40.6 Å². The summed E-state index contributed by atoms with van der Waals surface area (Å²) in [6, 6.07) is 6.73. The molecule has 0 aliphatic heterocycles. The van der Waals surface area contributed by atoms with E-state index in [1.54, 1.807) is 6.07 Å². The molecule has 0 aromatic heterocycles. The molecule has 0 radical (unpaired) electrons. The van der Waals surface area contributed by atoms with Crippen molar-refractivity contribution in [3.63, 3.8) is 0 Å². The molecule has 2 aromatic rings. The number of carbonyl (C=O) groups excluding carboxylic acids is 1. The van der Waals surface area contributed by atoms with Gasteiger partial charge in [-0.1, -0.05) is 46.0 Å². The molecule has 2 aliphatic carbocycles. The summed E-state index contributed by atoms with van der Waals surface area (Å²) in [5, 5.41) is 8.80. The summed E-state index contributed by atoms with van der Waals surface area (Å²) in [6.45, 7) is 5.10. The molecule has 7 heteroatoms. The van der Waals surface area contributed by atoms with Crippen molar-refractivity contribution in [2.45, 2.75) is 84.5 Å². The Morgan fingerprint density at radius 3 is 2.23 bits per heavy atom. The summed E-state index contributed by atoms with van der Waals surface area (Å²) in [7, 11) is 0. The zero-order valence-electron chi connectivity index (χ0n) is 22.9. The highest BCUT2D eigenvalue weighted by atomic mass is 19.1. The lowest BCUT2D eigenvalue weighted by atomic mass is 9.55. The van der Waals surface area contributed by atoms with Crippen molar-refractivity contribution in [1.29, 1.82) is 5.26 Å². The van der Waals surface area contributed by atoms with Crippen molar-refractivity contribution in [3.8, 4) is 17.6 Å². The number of ether oxygens (including phenoxy) is 2. The standard InChI is InChI=1S/C32H38F3NO3/c1-3-7-21(2)32(14-5-4-6-15-32)24-11-8-22(9-12-24)20-38-26-17-28(34)30(29(35)18-26)31(37)39-25-13-10-23(19-36)27(33)16-25/h10,13,16-18,21-22,24H,3-9,11-12,14-15,20H2,1-2H3/t21?,22-,24-. The van der Waals surface area contributed by atoms with Crippen LogP contribution in [0.3, 0.4) is 0 Å². The van der Waals surface area contributed by atoms with Crippen LogP contribution in [0.25, 0.3) is 0 Å². The predicted octanol–water partition coefficient (Wildman–Crippen LogP) is 8.77. The molecule has 210 valence electrons. The maximum Gasteiger partial charge on any atom is 0.349 e. The second kappa shape index (κ2) is 12.9. The molecule has 0 spiro atoms. The zero-order valence-corrected chi connectivity index (χ0v) is 22.9. The third kappa shape index (κ3) is 6.59. The molecular weight excluding hydrogens is 503 g/mol. The van der Waals surface area contributed by atoms with Crippen LogP contribution in [0.5, 0.6) is 11.5 Å². The molecule has 0 N–H and O–H groups in total. The fourth-order valence-corrected chi connectivity index (χ4v) is 6.99. The molecule has 0 bridgehead atoms. The number of benzene rings is 2. The lowest BCUT2D eigenvalue weighted by molar-refractivity contribution is -0.00391. The van der Waals surface area contributed by atoms with Crippen LogP contribution < -0.4 is 9.47 Å². The minimum atomic E-state index is -1.30. The van der Waals surface area contributed by atoms with Crippen LogP contribution in [0.15, 0.2) is 30.3 Å². The van der Waals surface area contributed by atoms with Gasteiger partial charge in [-0.2, -0.15) is 5.26 Å². The quantitative estimate of drug-likeness (QED) is 0.235. The minimum absolute atomic E-state index is 0.0217. The van der Waals surface area contributed by atoms with Crippen LogP contribution in [0, 0.1) is 52.0 Å². The summed E-state index contributed by atoms with van der Waals surface area (Å²) in [6.07, 6.45) is 13.6. The summed E-state index contributed by atoms with van der Waals surface area (Å²) < 4.78 is 53.9. The number of hydrogen-bond donors (Lipinski definition) is 0. The number of hydrogen-bond acceptors (Lipinski definition) is 4. The summed E-state index contributed by atoms with van der Waals surface area (Å²) >= 11 is 0. The van der Waals surface area contributed by atoms with Crippen LogP contribution >= 0.6 is 0 Å². The first kappa shape index (κ1) is 29.0. The third-order valence-corrected chi connectivity index (χ3v) is 9.12. The van der Waals surface area contributed by atoms with Gasteiger partial charge in [0.05, 0.1) is 12.2 Å². The highest BCUT2D eigenvalue weighted by molar-refractivity contribution is 5.91. The molecule has 39 heavy (non-hydrogen) atoms. The average Bonchev–Trinajstić information content (AvgIpc) is 2.92. The maximum absolute atomic E-state index is 14.7. The van der Waals surface area contributed by atoms with Gasteiger partial charge >= 0.3 is 5.97 Å². The average molecular weight is 542 g/mol. The Morgan fingerprint density at radius 1 is 1.00 bits per heavy atom. The smallest absolute Gasteiger partial charge is 0.349 e. The van der Waals surface area contributed by atoms with E-state index < -0.39 is 29.0 Å². The molecule has 4 nitrogen and oxygen atoms in total. The van der Waals surface area contributed by atoms with Crippen LogP contribution in [0.4, 0.5) is 13.2 Å². The Bertz CT molecular complexity index is 1170. The van der Waals surface area contributed by atoms with Gasteiger partial charge in [0.2, 0.25) is 0 Å². The van der Waals surface area contributed by atoms with Crippen molar-refractivity contribution in [2.24, 2.45) is 23.2 Å². The normalized spacial score (nSPS) is 21.5. The van der Waals surface area contributed by atoms with Crippen LogP contribution in [0.1, 0.15) is 100 Å². The van der Waals surface area contributed by atoms with Crippen LogP contribution in [0.2, 0.25) is 0 Å². The Labute approximate surface area is 229 Å².